The number of hydrogen-bond acceptors (Lipinski definition) is 8. The monoisotopic (exact) mass is 516 g/mol. The smallest absolute Gasteiger partial charge is 0.354 e. The van der Waals surface area contributed by atoms with Gasteiger partial charge in [-0.05, 0) is 60.7 Å². The number of nitrogens with zero attached hydrogens (tertiary/aromatic N) is 4. The van der Waals surface area contributed by atoms with E-state index in [2.05, 4.69) is 15.2 Å². The van der Waals surface area contributed by atoms with E-state index in [1.165, 1.54) is 6.07 Å². The van der Waals surface area contributed by atoms with Crippen molar-refractivity contribution in [3.05, 3.63) is 59.9 Å². The molecule has 4 rings (SSSR count). The van der Waals surface area contributed by atoms with Gasteiger partial charge in [-0.3, -0.25) is 0 Å². The first kappa shape index (κ1) is 27.1. The molecule has 0 amide bonds. The van der Waals surface area contributed by atoms with E-state index in [1.807, 2.05) is 76.3 Å². The molecule has 1 aromatic carbocycles. The van der Waals surface area contributed by atoms with Crippen molar-refractivity contribution in [3.63, 3.8) is 0 Å². The largest absolute Gasteiger partial charge is 0.477 e. The van der Waals surface area contributed by atoms with Crippen LogP contribution in [0.4, 0.5) is 23.0 Å². The predicted molar refractivity (Wildman–Crippen MR) is 152 cm³/mol. The summed E-state index contributed by atoms with van der Waals surface area (Å²) in [6, 6.07) is 13.5. The molecule has 0 unspecified atom stereocenters. The second kappa shape index (κ2) is 11.6. The number of ether oxygens (including phenoxy) is 1. The van der Waals surface area contributed by atoms with E-state index < -0.39 is 5.97 Å². The van der Waals surface area contributed by atoms with Gasteiger partial charge in [0.15, 0.2) is 5.69 Å². The molecular weight excluding hydrogens is 480 g/mol. The van der Waals surface area contributed by atoms with Gasteiger partial charge in [0, 0.05) is 74.8 Å². The zero-order valence-electron chi connectivity index (χ0n) is 22.7. The number of benzene rings is 1. The lowest BCUT2D eigenvalue weighted by Gasteiger charge is -2.32. The summed E-state index contributed by atoms with van der Waals surface area (Å²) in [6.45, 7) is 5.38. The molecule has 0 radical (unpaired) electrons. The first-order valence-electron chi connectivity index (χ1n) is 12.8. The molecule has 9 heteroatoms. The molecule has 38 heavy (non-hydrogen) atoms. The van der Waals surface area contributed by atoms with E-state index in [-0.39, 0.29) is 11.6 Å². The molecule has 1 fully saturated rings. The Kier molecular flexibility index (Phi) is 8.26. The van der Waals surface area contributed by atoms with Gasteiger partial charge in [-0.25, -0.2) is 14.8 Å². The fourth-order valence-corrected chi connectivity index (χ4v) is 4.55. The Labute approximate surface area is 224 Å². The van der Waals surface area contributed by atoms with Crippen LogP contribution in [0.5, 0.6) is 0 Å². The van der Waals surface area contributed by atoms with E-state index in [0.717, 1.165) is 48.8 Å². The molecule has 200 valence electrons. The Morgan fingerprint density at radius 2 is 1.87 bits per heavy atom. The molecule has 0 bridgehead atoms. The zero-order valence-corrected chi connectivity index (χ0v) is 22.7. The Morgan fingerprint density at radius 1 is 1.13 bits per heavy atom. The first-order valence-corrected chi connectivity index (χ1v) is 12.8. The van der Waals surface area contributed by atoms with Crippen molar-refractivity contribution in [1.82, 2.24) is 9.97 Å². The van der Waals surface area contributed by atoms with Crippen molar-refractivity contribution in [2.45, 2.75) is 32.7 Å². The SMILES string of the molecule is CC(C)C(=N)c1c(-c2ccc(N(C)C3CCOCC3)nc2)cc(C(=O)O)nc1Nc1cccc(N(C)C)c1. The number of rotatable bonds is 9. The summed E-state index contributed by atoms with van der Waals surface area (Å²) in [5.41, 5.74) is 3.89. The fraction of sp³-hybridized carbons (Fsp3) is 0.379. The molecule has 9 nitrogen and oxygen atoms in total. The van der Waals surface area contributed by atoms with Crippen LogP contribution >= 0.6 is 0 Å². The molecule has 3 N–H and O–H groups in total. The minimum absolute atomic E-state index is 0.102. The number of carboxylic acid groups (broad SMARTS) is 1. The summed E-state index contributed by atoms with van der Waals surface area (Å²) >= 11 is 0. The molecule has 0 aliphatic carbocycles. The summed E-state index contributed by atoms with van der Waals surface area (Å²) in [7, 11) is 5.95. The molecule has 3 aromatic rings. The van der Waals surface area contributed by atoms with Crippen LogP contribution in [0.25, 0.3) is 11.1 Å². The van der Waals surface area contributed by atoms with Gasteiger partial charge in [-0.2, -0.15) is 0 Å². The second-order valence-corrected chi connectivity index (χ2v) is 10.1. The van der Waals surface area contributed by atoms with Crippen molar-refractivity contribution < 1.29 is 14.6 Å². The third-order valence-corrected chi connectivity index (χ3v) is 6.87. The van der Waals surface area contributed by atoms with Crippen molar-refractivity contribution in [2.24, 2.45) is 5.92 Å². The molecule has 2 aromatic heterocycles. The van der Waals surface area contributed by atoms with E-state index in [1.54, 1.807) is 6.20 Å². The summed E-state index contributed by atoms with van der Waals surface area (Å²) in [6.07, 6.45) is 3.65. The average molecular weight is 517 g/mol. The number of carbonyl (C=O) groups is 1. The quantitative estimate of drug-likeness (QED) is 0.329. The molecule has 1 aliphatic rings. The maximum atomic E-state index is 12.1. The summed E-state index contributed by atoms with van der Waals surface area (Å²) in [5, 5.41) is 22.1. The van der Waals surface area contributed by atoms with Crippen LogP contribution in [0, 0.1) is 11.3 Å². The van der Waals surface area contributed by atoms with Crippen LogP contribution in [0.2, 0.25) is 0 Å². The predicted octanol–water partition coefficient (Wildman–Crippen LogP) is 5.29. The van der Waals surface area contributed by atoms with Gasteiger partial charge < -0.3 is 30.4 Å². The van der Waals surface area contributed by atoms with Crippen molar-refractivity contribution in [3.8, 4) is 11.1 Å². The van der Waals surface area contributed by atoms with Gasteiger partial charge in [0.2, 0.25) is 0 Å². The fourth-order valence-electron chi connectivity index (χ4n) is 4.55. The van der Waals surface area contributed by atoms with Crippen molar-refractivity contribution in [1.29, 1.82) is 5.41 Å². The van der Waals surface area contributed by atoms with Crippen LogP contribution < -0.4 is 15.1 Å². The third-order valence-electron chi connectivity index (χ3n) is 6.87. The maximum absolute atomic E-state index is 12.1. The van der Waals surface area contributed by atoms with Crippen LogP contribution in [-0.4, -0.2) is 67.2 Å². The van der Waals surface area contributed by atoms with E-state index in [4.69, 9.17) is 15.1 Å². The number of hydrogen-bond donors (Lipinski definition) is 3. The number of carboxylic acids is 1. The van der Waals surface area contributed by atoms with E-state index in [0.29, 0.717) is 28.7 Å². The summed E-state index contributed by atoms with van der Waals surface area (Å²) in [5.74, 6) is -0.0695. The van der Waals surface area contributed by atoms with Crippen molar-refractivity contribution >= 4 is 34.7 Å². The minimum atomic E-state index is -1.14. The van der Waals surface area contributed by atoms with Gasteiger partial charge in [0.25, 0.3) is 0 Å². The Balaban J connectivity index is 1.79. The lowest BCUT2D eigenvalue weighted by atomic mass is 9.92. The lowest BCUT2D eigenvalue weighted by Crippen LogP contribution is -2.37. The van der Waals surface area contributed by atoms with Gasteiger partial charge in [-0.1, -0.05) is 19.9 Å². The highest BCUT2D eigenvalue weighted by Gasteiger charge is 2.24. The average Bonchev–Trinajstić information content (AvgIpc) is 2.92. The summed E-state index contributed by atoms with van der Waals surface area (Å²) in [4.78, 5) is 25.4. The Morgan fingerprint density at radius 3 is 2.47 bits per heavy atom. The number of aromatic carboxylic acids is 1. The number of nitrogens with one attached hydrogen (secondary N) is 2. The highest BCUT2D eigenvalue weighted by atomic mass is 16.5. The normalized spacial score (nSPS) is 13.8. The maximum Gasteiger partial charge on any atom is 0.354 e. The molecule has 1 saturated heterocycles. The van der Waals surface area contributed by atoms with Crippen LogP contribution in [0.15, 0.2) is 48.7 Å². The van der Waals surface area contributed by atoms with Crippen molar-refractivity contribution in [2.75, 3.05) is 49.5 Å². The van der Waals surface area contributed by atoms with Crippen LogP contribution in [0.1, 0.15) is 42.7 Å². The molecular formula is C29H36N6O3. The topological polar surface area (TPSA) is 115 Å². The highest BCUT2D eigenvalue weighted by molar-refractivity contribution is 6.10. The summed E-state index contributed by atoms with van der Waals surface area (Å²) < 4.78 is 5.49. The zero-order chi connectivity index (χ0) is 27.4. The Hall–Kier alpha value is -3.98. The van der Waals surface area contributed by atoms with E-state index in [9.17, 15) is 9.90 Å². The van der Waals surface area contributed by atoms with E-state index >= 15 is 0 Å². The van der Waals surface area contributed by atoms with Gasteiger partial charge in [0.05, 0.1) is 0 Å². The molecule has 3 heterocycles. The van der Waals surface area contributed by atoms with Crippen LogP contribution in [-0.2, 0) is 4.74 Å². The third kappa shape index (κ3) is 5.94. The standard InChI is InChI=1S/C29H36N6O3/c1-18(2)27(30)26-23(19-9-10-25(31-17-19)35(5)21-11-13-38-14-12-21)16-24(29(36)37)33-28(26)32-20-7-6-8-22(15-20)34(3)4/h6-10,15-18,21,30H,11-14H2,1-5H3,(H,32,33)(H,36,37). The van der Waals surface area contributed by atoms with Crippen LogP contribution in [0.3, 0.4) is 0 Å². The first-order chi connectivity index (χ1) is 18.2. The number of pyridine rings is 2. The number of anilines is 4. The number of aromatic nitrogens is 2. The Bertz CT molecular complexity index is 1300. The molecule has 0 saturated carbocycles. The molecule has 0 atom stereocenters. The molecule has 1 aliphatic heterocycles. The minimum Gasteiger partial charge on any atom is -0.477 e. The van der Waals surface area contributed by atoms with Gasteiger partial charge in [-0.15, -0.1) is 0 Å². The molecule has 0 spiro atoms. The van der Waals surface area contributed by atoms with Gasteiger partial charge in [0.1, 0.15) is 11.6 Å². The highest BCUT2D eigenvalue weighted by Crippen LogP contribution is 2.34. The second-order valence-electron chi connectivity index (χ2n) is 10.1. The van der Waals surface area contributed by atoms with Gasteiger partial charge >= 0.3 is 5.97 Å². The lowest BCUT2D eigenvalue weighted by molar-refractivity contribution is 0.0690.